The molecule has 0 aliphatic carbocycles. The molecule has 10 heteroatoms. The molecule has 30 heavy (non-hydrogen) atoms. The number of amides is 1. The molecular formula is C20H17ClN4O5. The van der Waals surface area contributed by atoms with Gasteiger partial charge in [0.05, 0.1) is 27.8 Å². The molecule has 2 rings (SSSR count). The molecule has 0 bridgehead atoms. The maximum Gasteiger partial charge on any atom is 0.338 e. The Morgan fingerprint density at radius 3 is 2.57 bits per heavy atom. The third-order valence-corrected chi connectivity index (χ3v) is 4.12. The number of esters is 1. The van der Waals surface area contributed by atoms with Gasteiger partial charge in [0.1, 0.15) is 11.6 Å². The lowest BCUT2D eigenvalue weighted by molar-refractivity contribution is -0.384. The number of rotatable bonds is 8. The summed E-state index contributed by atoms with van der Waals surface area (Å²) < 4.78 is 4.91. The maximum absolute atomic E-state index is 12.3. The lowest BCUT2D eigenvalue weighted by atomic mass is 10.1. The standard InChI is InChI=1S/C20H17ClN4O5/c1-2-30-20(27)14-5-3-13(4-6-14)11-23-12-15(10-22)19(26)24-18-9-16(25(28)29)7-8-17(18)21/h3-9,12,23H,2,11H2,1H3,(H,24,26)/b15-12-. The number of carbonyl (C=O) groups is 2. The van der Waals surface area contributed by atoms with Gasteiger partial charge in [0, 0.05) is 24.9 Å². The molecule has 0 fully saturated rings. The van der Waals surface area contributed by atoms with Crippen LogP contribution >= 0.6 is 11.6 Å². The van der Waals surface area contributed by atoms with Crippen molar-refractivity contribution in [3.8, 4) is 6.07 Å². The number of nitriles is 1. The van der Waals surface area contributed by atoms with E-state index in [1.54, 1.807) is 37.3 Å². The number of hydrogen-bond acceptors (Lipinski definition) is 7. The van der Waals surface area contributed by atoms with E-state index in [4.69, 9.17) is 16.3 Å². The maximum atomic E-state index is 12.3. The van der Waals surface area contributed by atoms with Crippen LogP contribution in [-0.4, -0.2) is 23.4 Å². The molecule has 0 spiro atoms. The Labute approximate surface area is 177 Å². The van der Waals surface area contributed by atoms with E-state index in [-0.39, 0.29) is 28.6 Å². The summed E-state index contributed by atoms with van der Waals surface area (Å²) in [5.41, 5.74) is 0.745. The number of hydrogen-bond donors (Lipinski definition) is 2. The average molecular weight is 429 g/mol. The molecule has 0 aliphatic heterocycles. The van der Waals surface area contributed by atoms with Gasteiger partial charge in [-0.15, -0.1) is 0 Å². The summed E-state index contributed by atoms with van der Waals surface area (Å²) in [4.78, 5) is 34.1. The van der Waals surface area contributed by atoms with Gasteiger partial charge in [0.2, 0.25) is 0 Å². The monoisotopic (exact) mass is 428 g/mol. The molecule has 2 aromatic rings. The average Bonchev–Trinajstić information content (AvgIpc) is 2.73. The van der Waals surface area contributed by atoms with Gasteiger partial charge >= 0.3 is 5.97 Å². The highest BCUT2D eigenvalue weighted by molar-refractivity contribution is 6.34. The van der Waals surface area contributed by atoms with Crippen molar-refractivity contribution in [2.24, 2.45) is 0 Å². The summed E-state index contributed by atoms with van der Waals surface area (Å²) in [6.07, 6.45) is 1.22. The first-order valence-corrected chi connectivity index (χ1v) is 9.08. The van der Waals surface area contributed by atoms with Crippen molar-refractivity contribution >= 4 is 34.9 Å². The normalized spacial score (nSPS) is 10.6. The van der Waals surface area contributed by atoms with Gasteiger partial charge in [-0.25, -0.2) is 4.79 Å². The minimum Gasteiger partial charge on any atom is -0.462 e. The molecule has 0 unspecified atom stereocenters. The first kappa shape index (κ1) is 22.4. The zero-order chi connectivity index (χ0) is 22.1. The molecule has 1 amide bonds. The smallest absolute Gasteiger partial charge is 0.338 e. The van der Waals surface area contributed by atoms with E-state index in [9.17, 15) is 25.0 Å². The number of carbonyl (C=O) groups excluding carboxylic acids is 2. The third kappa shape index (κ3) is 6.05. The van der Waals surface area contributed by atoms with E-state index < -0.39 is 16.8 Å². The molecular weight excluding hydrogens is 412 g/mol. The van der Waals surface area contributed by atoms with Gasteiger partial charge < -0.3 is 15.4 Å². The van der Waals surface area contributed by atoms with Crippen molar-refractivity contribution in [2.45, 2.75) is 13.5 Å². The molecule has 0 radical (unpaired) electrons. The molecule has 154 valence electrons. The number of halogens is 1. The summed E-state index contributed by atoms with van der Waals surface area (Å²) in [6.45, 7) is 2.30. The van der Waals surface area contributed by atoms with Crippen molar-refractivity contribution in [2.75, 3.05) is 11.9 Å². The fourth-order valence-corrected chi connectivity index (χ4v) is 2.47. The van der Waals surface area contributed by atoms with Crippen molar-refractivity contribution in [3.63, 3.8) is 0 Å². The summed E-state index contributed by atoms with van der Waals surface area (Å²) in [5.74, 6) is -1.19. The van der Waals surface area contributed by atoms with Gasteiger partial charge in [-0.1, -0.05) is 23.7 Å². The number of nitro benzene ring substituents is 1. The predicted molar refractivity (Wildman–Crippen MR) is 110 cm³/mol. The lowest BCUT2D eigenvalue weighted by Gasteiger charge is -2.07. The van der Waals surface area contributed by atoms with E-state index >= 15 is 0 Å². The summed E-state index contributed by atoms with van der Waals surface area (Å²) in [6, 6.07) is 12.0. The molecule has 0 saturated carbocycles. The SMILES string of the molecule is CCOC(=O)c1ccc(CN/C=C(/C#N)C(=O)Nc2cc([N+](=O)[O-])ccc2Cl)cc1. The van der Waals surface area contributed by atoms with Crippen molar-refractivity contribution in [3.05, 3.63) is 80.5 Å². The molecule has 0 atom stereocenters. The lowest BCUT2D eigenvalue weighted by Crippen LogP contribution is -2.17. The number of non-ortho nitro benzene ring substituents is 1. The molecule has 9 nitrogen and oxygen atoms in total. The van der Waals surface area contributed by atoms with Crippen molar-refractivity contribution in [1.29, 1.82) is 5.26 Å². The number of benzene rings is 2. The van der Waals surface area contributed by atoms with E-state index in [1.165, 1.54) is 18.3 Å². The number of nitrogens with zero attached hydrogens (tertiary/aromatic N) is 2. The van der Waals surface area contributed by atoms with E-state index in [0.29, 0.717) is 12.1 Å². The van der Waals surface area contributed by atoms with Gasteiger partial charge in [-0.3, -0.25) is 14.9 Å². The van der Waals surface area contributed by atoms with Gasteiger partial charge in [0.15, 0.2) is 0 Å². The molecule has 0 aromatic heterocycles. The van der Waals surface area contributed by atoms with Crippen LogP contribution in [0.5, 0.6) is 0 Å². The Bertz CT molecular complexity index is 1030. The topological polar surface area (TPSA) is 134 Å². The number of anilines is 1. The summed E-state index contributed by atoms with van der Waals surface area (Å²) in [5, 5.41) is 25.4. The van der Waals surface area contributed by atoms with E-state index in [2.05, 4.69) is 10.6 Å². The Balaban J connectivity index is 2.01. The van der Waals surface area contributed by atoms with Crippen LogP contribution in [-0.2, 0) is 16.1 Å². The van der Waals surface area contributed by atoms with Crippen LogP contribution in [0.4, 0.5) is 11.4 Å². The first-order valence-electron chi connectivity index (χ1n) is 8.70. The Hall–Kier alpha value is -3.90. The molecule has 0 aliphatic rings. The Kier molecular flexibility index (Phi) is 7.90. The molecule has 0 saturated heterocycles. The largest absolute Gasteiger partial charge is 0.462 e. The van der Waals surface area contributed by atoms with Gasteiger partial charge in [-0.2, -0.15) is 5.26 Å². The minimum atomic E-state index is -0.773. The van der Waals surface area contributed by atoms with Crippen LogP contribution in [0.3, 0.4) is 0 Å². The highest BCUT2D eigenvalue weighted by atomic mass is 35.5. The zero-order valence-electron chi connectivity index (χ0n) is 15.8. The zero-order valence-corrected chi connectivity index (χ0v) is 16.6. The highest BCUT2D eigenvalue weighted by Gasteiger charge is 2.15. The summed E-state index contributed by atoms with van der Waals surface area (Å²) in [7, 11) is 0. The van der Waals surface area contributed by atoms with Crippen LogP contribution in [0.15, 0.2) is 54.2 Å². The van der Waals surface area contributed by atoms with Crippen LogP contribution in [0.1, 0.15) is 22.8 Å². The molecule has 0 heterocycles. The number of nitrogens with one attached hydrogen (secondary N) is 2. The van der Waals surface area contributed by atoms with Crippen LogP contribution in [0.25, 0.3) is 0 Å². The van der Waals surface area contributed by atoms with Crippen LogP contribution < -0.4 is 10.6 Å². The van der Waals surface area contributed by atoms with E-state index in [0.717, 1.165) is 11.6 Å². The van der Waals surface area contributed by atoms with Crippen molar-refractivity contribution < 1.29 is 19.2 Å². The minimum absolute atomic E-state index is 0.0200. The first-order chi connectivity index (χ1) is 14.3. The second-order valence-electron chi connectivity index (χ2n) is 5.84. The van der Waals surface area contributed by atoms with Gasteiger partial charge in [-0.05, 0) is 30.7 Å². The number of nitro groups is 1. The fourth-order valence-electron chi connectivity index (χ4n) is 2.30. The Morgan fingerprint density at radius 2 is 1.97 bits per heavy atom. The second kappa shape index (κ2) is 10.6. The Morgan fingerprint density at radius 1 is 1.27 bits per heavy atom. The quantitative estimate of drug-likeness (QED) is 0.216. The molecule has 2 aromatic carbocycles. The fraction of sp³-hybridized carbons (Fsp3) is 0.150. The van der Waals surface area contributed by atoms with Crippen LogP contribution in [0.2, 0.25) is 5.02 Å². The van der Waals surface area contributed by atoms with E-state index in [1.807, 2.05) is 0 Å². The predicted octanol–water partition coefficient (Wildman–Crippen LogP) is 3.56. The highest BCUT2D eigenvalue weighted by Crippen LogP contribution is 2.27. The third-order valence-electron chi connectivity index (χ3n) is 3.79. The summed E-state index contributed by atoms with van der Waals surface area (Å²) >= 11 is 5.94. The van der Waals surface area contributed by atoms with Gasteiger partial charge in [0.25, 0.3) is 11.6 Å². The van der Waals surface area contributed by atoms with Crippen LogP contribution in [0, 0.1) is 21.4 Å². The second-order valence-corrected chi connectivity index (χ2v) is 6.25. The molecule has 2 N–H and O–H groups in total. The van der Waals surface area contributed by atoms with Crippen molar-refractivity contribution in [1.82, 2.24) is 5.32 Å². The number of ether oxygens (including phenoxy) is 1.